The molecule has 0 aliphatic heterocycles. The first kappa shape index (κ1) is 13.6. The van der Waals surface area contributed by atoms with Gasteiger partial charge in [-0.15, -0.1) is 11.3 Å². The van der Waals surface area contributed by atoms with Gasteiger partial charge in [0.1, 0.15) is 11.5 Å². The fourth-order valence-electron chi connectivity index (χ4n) is 2.11. The van der Waals surface area contributed by atoms with Crippen LogP contribution in [0.1, 0.15) is 21.7 Å². The zero-order chi connectivity index (χ0) is 14.7. The van der Waals surface area contributed by atoms with E-state index in [0.29, 0.717) is 12.1 Å². The molecular weight excluding hydrogens is 282 g/mol. The van der Waals surface area contributed by atoms with E-state index in [-0.39, 0.29) is 5.91 Å². The van der Waals surface area contributed by atoms with E-state index in [1.165, 1.54) is 0 Å². The summed E-state index contributed by atoms with van der Waals surface area (Å²) in [6, 6.07) is 15.4. The first-order chi connectivity index (χ1) is 10.2. The van der Waals surface area contributed by atoms with E-state index in [9.17, 15) is 4.79 Å². The van der Waals surface area contributed by atoms with E-state index in [0.717, 1.165) is 22.0 Å². The van der Waals surface area contributed by atoms with Crippen LogP contribution >= 0.6 is 11.3 Å². The summed E-state index contributed by atoms with van der Waals surface area (Å²) in [5, 5.41) is 4.90. The summed E-state index contributed by atoms with van der Waals surface area (Å²) in [4.78, 5) is 13.2. The van der Waals surface area contributed by atoms with Crippen LogP contribution < -0.4 is 5.32 Å². The van der Waals surface area contributed by atoms with Crippen molar-refractivity contribution in [3.63, 3.8) is 0 Å². The van der Waals surface area contributed by atoms with Crippen LogP contribution in [0.4, 0.5) is 0 Å². The lowest BCUT2D eigenvalue weighted by molar-refractivity contribution is 0.0947. The maximum atomic E-state index is 12.1. The number of rotatable bonds is 4. The molecule has 0 saturated heterocycles. The Bertz CT molecular complexity index is 744. The Morgan fingerprint density at radius 1 is 1.14 bits per heavy atom. The smallest absolute Gasteiger partial charge is 0.251 e. The first-order valence-electron chi connectivity index (χ1n) is 6.70. The van der Waals surface area contributed by atoms with Gasteiger partial charge in [0.15, 0.2) is 0 Å². The molecule has 0 spiro atoms. The number of carbonyl (C=O) groups excluding carboxylic acids is 1. The van der Waals surface area contributed by atoms with Gasteiger partial charge in [0, 0.05) is 5.56 Å². The molecule has 4 heteroatoms. The van der Waals surface area contributed by atoms with Gasteiger partial charge in [0.25, 0.3) is 5.91 Å². The second kappa shape index (κ2) is 5.97. The summed E-state index contributed by atoms with van der Waals surface area (Å²) < 4.78 is 5.74. The van der Waals surface area contributed by atoms with Crippen LogP contribution in [0.2, 0.25) is 0 Å². The van der Waals surface area contributed by atoms with Crippen LogP contribution in [-0.4, -0.2) is 5.91 Å². The molecule has 2 aromatic heterocycles. The van der Waals surface area contributed by atoms with Crippen LogP contribution in [0.15, 0.2) is 58.3 Å². The van der Waals surface area contributed by atoms with Crippen molar-refractivity contribution in [2.24, 2.45) is 0 Å². The Hall–Kier alpha value is -2.33. The van der Waals surface area contributed by atoms with E-state index in [1.54, 1.807) is 11.3 Å². The van der Waals surface area contributed by atoms with Gasteiger partial charge in [-0.2, -0.15) is 0 Å². The molecule has 0 fully saturated rings. The van der Waals surface area contributed by atoms with E-state index < -0.39 is 0 Å². The van der Waals surface area contributed by atoms with Crippen LogP contribution in [0.25, 0.3) is 10.6 Å². The van der Waals surface area contributed by atoms with Gasteiger partial charge in [0.2, 0.25) is 0 Å². The minimum absolute atomic E-state index is 0.0813. The molecular formula is C17H15NO2S. The number of furan rings is 1. The molecule has 0 aliphatic rings. The molecule has 2 heterocycles. The maximum Gasteiger partial charge on any atom is 0.251 e. The number of amides is 1. The number of thiophene rings is 1. The third kappa shape index (κ3) is 3.06. The number of aryl methyl sites for hydroxylation is 1. The highest BCUT2D eigenvalue weighted by Crippen LogP contribution is 2.26. The molecule has 3 aromatic rings. The number of carbonyl (C=O) groups is 1. The van der Waals surface area contributed by atoms with Crippen molar-refractivity contribution in [2.45, 2.75) is 13.5 Å². The molecule has 106 valence electrons. The third-order valence-electron chi connectivity index (χ3n) is 3.24. The van der Waals surface area contributed by atoms with Crippen molar-refractivity contribution in [3.8, 4) is 10.6 Å². The van der Waals surface area contributed by atoms with Crippen LogP contribution in [0, 0.1) is 6.92 Å². The van der Waals surface area contributed by atoms with Crippen LogP contribution in [0.3, 0.4) is 0 Å². The largest absolute Gasteiger partial charge is 0.458 e. The van der Waals surface area contributed by atoms with Crippen LogP contribution in [0.5, 0.6) is 0 Å². The molecule has 1 aromatic carbocycles. The molecule has 0 atom stereocenters. The number of benzene rings is 1. The summed E-state index contributed by atoms with van der Waals surface area (Å²) in [6.45, 7) is 2.31. The van der Waals surface area contributed by atoms with Crippen molar-refractivity contribution < 1.29 is 9.21 Å². The lowest BCUT2D eigenvalue weighted by Gasteiger charge is -2.05. The van der Waals surface area contributed by atoms with E-state index in [1.807, 2.05) is 60.8 Å². The Labute approximate surface area is 127 Å². The van der Waals surface area contributed by atoms with E-state index in [2.05, 4.69) is 5.32 Å². The molecule has 1 N–H and O–H groups in total. The molecule has 3 nitrogen and oxygen atoms in total. The second-order valence-corrected chi connectivity index (χ2v) is 5.69. The predicted molar refractivity (Wildman–Crippen MR) is 84.4 cm³/mol. The molecule has 0 bridgehead atoms. The molecule has 0 radical (unpaired) electrons. The van der Waals surface area contributed by atoms with Crippen molar-refractivity contribution >= 4 is 17.2 Å². The Kier molecular flexibility index (Phi) is 3.88. The summed E-state index contributed by atoms with van der Waals surface area (Å²) in [7, 11) is 0. The average Bonchev–Trinajstić information content (AvgIpc) is 3.16. The average molecular weight is 297 g/mol. The predicted octanol–water partition coefficient (Wildman–Crippen LogP) is 4.25. The van der Waals surface area contributed by atoms with E-state index in [4.69, 9.17) is 4.42 Å². The highest BCUT2D eigenvalue weighted by atomic mass is 32.1. The summed E-state index contributed by atoms with van der Waals surface area (Å²) in [6.07, 6.45) is 0. The van der Waals surface area contributed by atoms with Gasteiger partial charge in [-0.05, 0) is 42.1 Å². The molecule has 1 amide bonds. The highest BCUT2D eigenvalue weighted by molar-refractivity contribution is 7.13. The SMILES string of the molecule is Cc1ccccc1C(=O)NCc1ccc(-c2cccs2)o1. The van der Waals surface area contributed by atoms with Crippen molar-refractivity contribution in [1.82, 2.24) is 5.32 Å². The molecule has 21 heavy (non-hydrogen) atoms. The highest BCUT2D eigenvalue weighted by Gasteiger charge is 2.10. The lowest BCUT2D eigenvalue weighted by Crippen LogP contribution is -2.23. The standard InChI is InChI=1S/C17H15NO2S/c1-12-5-2-3-6-14(12)17(19)18-11-13-8-9-15(20-13)16-7-4-10-21-16/h2-10H,11H2,1H3,(H,18,19). The molecule has 0 saturated carbocycles. The van der Waals surface area contributed by atoms with Crippen molar-refractivity contribution in [2.75, 3.05) is 0 Å². The van der Waals surface area contributed by atoms with Crippen LogP contribution in [-0.2, 0) is 6.54 Å². The molecule has 0 unspecified atom stereocenters. The summed E-state index contributed by atoms with van der Waals surface area (Å²) in [5.74, 6) is 1.51. The normalized spacial score (nSPS) is 10.5. The third-order valence-corrected chi connectivity index (χ3v) is 4.12. The Balaban J connectivity index is 1.66. The number of hydrogen-bond donors (Lipinski definition) is 1. The Morgan fingerprint density at radius 3 is 2.76 bits per heavy atom. The molecule has 3 rings (SSSR count). The topological polar surface area (TPSA) is 42.2 Å². The first-order valence-corrected chi connectivity index (χ1v) is 7.58. The Morgan fingerprint density at radius 2 is 2.00 bits per heavy atom. The van der Waals surface area contributed by atoms with E-state index >= 15 is 0 Å². The summed E-state index contributed by atoms with van der Waals surface area (Å²) >= 11 is 1.63. The van der Waals surface area contributed by atoms with Crippen molar-refractivity contribution in [3.05, 3.63) is 70.8 Å². The minimum atomic E-state index is -0.0813. The van der Waals surface area contributed by atoms with Gasteiger partial charge in [-0.25, -0.2) is 0 Å². The zero-order valence-corrected chi connectivity index (χ0v) is 12.4. The quantitative estimate of drug-likeness (QED) is 0.782. The minimum Gasteiger partial charge on any atom is -0.458 e. The van der Waals surface area contributed by atoms with Gasteiger partial charge in [0.05, 0.1) is 11.4 Å². The molecule has 0 aliphatic carbocycles. The van der Waals surface area contributed by atoms with Gasteiger partial charge >= 0.3 is 0 Å². The lowest BCUT2D eigenvalue weighted by atomic mass is 10.1. The maximum absolute atomic E-state index is 12.1. The fourth-order valence-corrected chi connectivity index (χ4v) is 2.80. The number of hydrogen-bond acceptors (Lipinski definition) is 3. The monoisotopic (exact) mass is 297 g/mol. The fraction of sp³-hybridized carbons (Fsp3) is 0.118. The number of nitrogens with one attached hydrogen (secondary N) is 1. The summed E-state index contributed by atoms with van der Waals surface area (Å²) in [5.41, 5.74) is 1.66. The van der Waals surface area contributed by atoms with Crippen molar-refractivity contribution in [1.29, 1.82) is 0 Å². The second-order valence-electron chi connectivity index (χ2n) is 4.74. The zero-order valence-electron chi connectivity index (χ0n) is 11.6. The van der Waals surface area contributed by atoms with Gasteiger partial charge in [-0.3, -0.25) is 4.79 Å². The van der Waals surface area contributed by atoms with Gasteiger partial charge < -0.3 is 9.73 Å². The van der Waals surface area contributed by atoms with Gasteiger partial charge in [-0.1, -0.05) is 24.3 Å².